The molecule has 1 amide bonds. The average Bonchev–Trinajstić information content (AvgIpc) is 2.34. The third-order valence-electron chi connectivity index (χ3n) is 2.49. The standard InChI is InChI=1S/C13H17NO4/c1-3-10(13(16)17)14-12(15)8-18-11-7-5-4-6-9(11)2/h4-7,10H,3,8H2,1-2H3,(H,14,15)(H,16,17)/t10-/m0/s1. The van der Waals surface area contributed by atoms with Crippen molar-refractivity contribution in [3.05, 3.63) is 29.8 Å². The van der Waals surface area contributed by atoms with Crippen molar-refractivity contribution in [3.63, 3.8) is 0 Å². The molecule has 5 nitrogen and oxygen atoms in total. The van der Waals surface area contributed by atoms with Gasteiger partial charge in [0, 0.05) is 0 Å². The number of hydrogen-bond donors (Lipinski definition) is 2. The summed E-state index contributed by atoms with van der Waals surface area (Å²) in [6.07, 6.45) is 0.339. The Morgan fingerprint density at radius 3 is 2.61 bits per heavy atom. The van der Waals surface area contributed by atoms with E-state index in [4.69, 9.17) is 9.84 Å². The van der Waals surface area contributed by atoms with Crippen LogP contribution in [0.3, 0.4) is 0 Å². The van der Waals surface area contributed by atoms with E-state index in [0.29, 0.717) is 12.2 Å². The fourth-order valence-electron chi connectivity index (χ4n) is 1.44. The van der Waals surface area contributed by atoms with Crippen molar-refractivity contribution in [1.82, 2.24) is 5.32 Å². The van der Waals surface area contributed by atoms with Crippen LogP contribution in [-0.2, 0) is 9.59 Å². The number of carbonyl (C=O) groups excluding carboxylic acids is 1. The molecular weight excluding hydrogens is 234 g/mol. The Balaban J connectivity index is 2.47. The Kier molecular flexibility index (Phi) is 5.17. The van der Waals surface area contributed by atoms with Gasteiger partial charge in [-0.1, -0.05) is 25.1 Å². The molecule has 0 bridgehead atoms. The van der Waals surface area contributed by atoms with E-state index in [0.717, 1.165) is 5.56 Å². The zero-order chi connectivity index (χ0) is 13.5. The number of nitrogens with one attached hydrogen (secondary N) is 1. The molecule has 0 unspecified atom stereocenters. The summed E-state index contributed by atoms with van der Waals surface area (Å²) in [5, 5.41) is 11.2. The van der Waals surface area contributed by atoms with Crippen LogP contribution in [0.2, 0.25) is 0 Å². The lowest BCUT2D eigenvalue weighted by atomic mass is 10.2. The lowest BCUT2D eigenvalue weighted by molar-refractivity contribution is -0.142. The van der Waals surface area contributed by atoms with Crippen molar-refractivity contribution in [3.8, 4) is 5.75 Å². The second-order valence-electron chi connectivity index (χ2n) is 3.92. The predicted octanol–water partition coefficient (Wildman–Crippen LogP) is 1.35. The molecule has 0 aliphatic carbocycles. The molecule has 0 spiro atoms. The van der Waals surface area contributed by atoms with E-state index in [1.54, 1.807) is 13.0 Å². The molecule has 0 saturated heterocycles. The zero-order valence-electron chi connectivity index (χ0n) is 10.5. The maximum absolute atomic E-state index is 11.5. The highest BCUT2D eigenvalue weighted by Crippen LogP contribution is 2.15. The number of rotatable bonds is 6. The van der Waals surface area contributed by atoms with Crippen LogP contribution in [0.15, 0.2) is 24.3 Å². The van der Waals surface area contributed by atoms with Gasteiger partial charge in [0.15, 0.2) is 6.61 Å². The molecule has 5 heteroatoms. The van der Waals surface area contributed by atoms with E-state index >= 15 is 0 Å². The molecule has 1 rings (SSSR count). The van der Waals surface area contributed by atoms with Crippen LogP contribution in [-0.4, -0.2) is 29.6 Å². The molecule has 0 heterocycles. The van der Waals surface area contributed by atoms with Gasteiger partial charge in [-0.05, 0) is 25.0 Å². The molecule has 0 aliphatic heterocycles. The quantitative estimate of drug-likeness (QED) is 0.800. The van der Waals surface area contributed by atoms with Crippen LogP contribution in [0.5, 0.6) is 5.75 Å². The summed E-state index contributed by atoms with van der Waals surface area (Å²) in [6, 6.07) is 6.46. The predicted molar refractivity (Wildman–Crippen MR) is 66.5 cm³/mol. The summed E-state index contributed by atoms with van der Waals surface area (Å²) < 4.78 is 5.32. The van der Waals surface area contributed by atoms with Gasteiger partial charge >= 0.3 is 5.97 Å². The van der Waals surface area contributed by atoms with Gasteiger partial charge in [0.2, 0.25) is 0 Å². The monoisotopic (exact) mass is 251 g/mol. The van der Waals surface area contributed by atoms with E-state index in [1.165, 1.54) is 0 Å². The zero-order valence-corrected chi connectivity index (χ0v) is 10.5. The molecule has 1 atom stereocenters. The van der Waals surface area contributed by atoms with Gasteiger partial charge in [0.05, 0.1) is 0 Å². The van der Waals surface area contributed by atoms with E-state index in [9.17, 15) is 9.59 Å². The maximum Gasteiger partial charge on any atom is 0.326 e. The fraction of sp³-hybridized carbons (Fsp3) is 0.385. The van der Waals surface area contributed by atoms with Crippen LogP contribution >= 0.6 is 0 Å². The molecule has 0 fully saturated rings. The van der Waals surface area contributed by atoms with Crippen molar-refractivity contribution in [1.29, 1.82) is 0 Å². The summed E-state index contributed by atoms with van der Waals surface area (Å²) in [6.45, 7) is 3.38. The van der Waals surface area contributed by atoms with Crippen LogP contribution in [0.1, 0.15) is 18.9 Å². The Morgan fingerprint density at radius 2 is 2.06 bits per heavy atom. The van der Waals surface area contributed by atoms with E-state index < -0.39 is 17.9 Å². The lowest BCUT2D eigenvalue weighted by Crippen LogP contribution is -2.42. The summed E-state index contributed by atoms with van der Waals surface area (Å²) in [5.41, 5.74) is 0.926. The minimum absolute atomic E-state index is 0.186. The van der Waals surface area contributed by atoms with Gasteiger partial charge in [0.1, 0.15) is 11.8 Å². The third-order valence-corrected chi connectivity index (χ3v) is 2.49. The molecule has 0 saturated carbocycles. The SMILES string of the molecule is CC[C@H](NC(=O)COc1ccccc1C)C(=O)O. The molecule has 0 aromatic heterocycles. The first-order valence-corrected chi connectivity index (χ1v) is 5.75. The number of carbonyl (C=O) groups is 2. The highest BCUT2D eigenvalue weighted by Gasteiger charge is 2.17. The first kappa shape index (κ1) is 14.0. The molecular formula is C13H17NO4. The lowest BCUT2D eigenvalue weighted by Gasteiger charge is -2.13. The van der Waals surface area contributed by atoms with Crippen molar-refractivity contribution >= 4 is 11.9 Å². The first-order valence-electron chi connectivity index (χ1n) is 5.75. The van der Waals surface area contributed by atoms with Crippen molar-refractivity contribution in [2.75, 3.05) is 6.61 Å². The van der Waals surface area contributed by atoms with Crippen LogP contribution in [0, 0.1) is 6.92 Å². The number of amides is 1. The first-order chi connectivity index (χ1) is 8.54. The van der Waals surface area contributed by atoms with E-state index in [-0.39, 0.29) is 6.61 Å². The number of benzene rings is 1. The van der Waals surface area contributed by atoms with E-state index in [2.05, 4.69) is 5.32 Å². The number of aliphatic carboxylic acids is 1. The number of ether oxygens (including phenoxy) is 1. The van der Waals surface area contributed by atoms with Gasteiger partial charge < -0.3 is 15.2 Å². The van der Waals surface area contributed by atoms with Gasteiger partial charge in [-0.3, -0.25) is 4.79 Å². The van der Waals surface area contributed by atoms with Gasteiger partial charge in [-0.15, -0.1) is 0 Å². The number of hydrogen-bond acceptors (Lipinski definition) is 3. The second-order valence-corrected chi connectivity index (χ2v) is 3.92. The largest absolute Gasteiger partial charge is 0.484 e. The molecule has 2 N–H and O–H groups in total. The minimum Gasteiger partial charge on any atom is -0.484 e. The summed E-state index contributed by atoms with van der Waals surface area (Å²) in [7, 11) is 0. The van der Waals surface area contributed by atoms with E-state index in [1.807, 2.05) is 25.1 Å². The smallest absolute Gasteiger partial charge is 0.326 e. The number of carboxylic acid groups (broad SMARTS) is 1. The Hall–Kier alpha value is -2.04. The molecule has 18 heavy (non-hydrogen) atoms. The van der Waals surface area contributed by atoms with Crippen LogP contribution in [0.25, 0.3) is 0 Å². The summed E-state index contributed by atoms with van der Waals surface area (Å²) in [4.78, 5) is 22.2. The van der Waals surface area contributed by atoms with Crippen molar-refractivity contribution in [2.45, 2.75) is 26.3 Å². The molecule has 98 valence electrons. The summed E-state index contributed by atoms with van der Waals surface area (Å²) >= 11 is 0. The third kappa shape index (κ3) is 4.08. The van der Waals surface area contributed by atoms with Crippen molar-refractivity contribution < 1.29 is 19.4 Å². The van der Waals surface area contributed by atoms with Gasteiger partial charge in [0.25, 0.3) is 5.91 Å². The highest BCUT2D eigenvalue weighted by atomic mass is 16.5. The normalized spacial score (nSPS) is 11.7. The number of carboxylic acids is 1. The minimum atomic E-state index is -1.04. The summed E-state index contributed by atoms with van der Waals surface area (Å²) in [5.74, 6) is -0.856. The molecule has 1 aromatic carbocycles. The Bertz CT molecular complexity index is 431. The molecule has 0 radical (unpaired) electrons. The molecule has 1 aromatic rings. The number of aryl methyl sites for hydroxylation is 1. The van der Waals surface area contributed by atoms with Crippen LogP contribution in [0.4, 0.5) is 0 Å². The Labute approximate surface area is 106 Å². The fourth-order valence-corrected chi connectivity index (χ4v) is 1.44. The second kappa shape index (κ2) is 6.64. The van der Waals surface area contributed by atoms with Crippen molar-refractivity contribution in [2.24, 2.45) is 0 Å². The molecule has 0 aliphatic rings. The Morgan fingerprint density at radius 1 is 1.39 bits per heavy atom. The van der Waals surface area contributed by atoms with Gasteiger partial charge in [-0.25, -0.2) is 4.79 Å². The maximum atomic E-state index is 11.5. The highest BCUT2D eigenvalue weighted by molar-refractivity contribution is 5.84. The average molecular weight is 251 g/mol. The number of para-hydroxylation sites is 1. The topological polar surface area (TPSA) is 75.6 Å². The van der Waals surface area contributed by atoms with Gasteiger partial charge in [-0.2, -0.15) is 0 Å². The van der Waals surface area contributed by atoms with Crippen LogP contribution < -0.4 is 10.1 Å².